The van der Waals surface area contributed by atoms with Gasteiger partial charge in [-0.2, -0.15) is 0 Å². The van der Waals surface area contributed by atoms with Crippen molar-refractivity contribution in [2.45, 2.75) is 75.8 Å². The Morgan fingerprint density at radius 1 is 1.00 bits per heavy atom. The standard InChI is InChI=1S/C30H40N4O/c1-21-12-13-25-27(33-21)18-32-20-30(25)19-31-17-26(30)29(35)34-15-14-24(22-8-4-2-5-9-22)16-28(34)23-10-6-3-7-11-23/h2,4-5,8-9,12-13,23-24,26,28,31-32H,3,6-7,10-11,14-20H2,1H3/p+3/t24-,26?,28+,30-/m1/s1. The van der Waals surface area contributed by atoms with Gasteiger partial charge in [-0.25, -0.2) is 4.98 Å². The van der Waals surface area contributed by atoms with Gasteiger partial charge in [-0.3, -0.25) is 4.79 Å². The fourth-order valence-electron chi connectivity index (χ4n) is 8.07. The molecule has 1 aromatic carbocycles. The number of nitrogens with one attached hydrogen (secondary N) is 1. The Balaban J connectivity index is 1.30. The van der Waals surface area contributed by atoms with Crippen LogP contribution in [0.5, 0.6) is 0 Å². The zero-order valence-corrected chi connectivity index (χ0v) is 21.3. The maximum atomic E-state index is 14.5. The molecule has 1 amide bonds. The van der Waals surface area contributed by atoms with Crippen molar-refractivity contribution in [2.24, 2.45) is 11.8 Å². The van der Waals surface area contributed by atoms with Crippen LogP contribution >= 0.6 is 0 Å². The molecule has 1 saturated carbocycles. The summed E-state index contributed by atoms with van der Waals surface area (Å²) in [4.78, 5) is 20.6. The highest BCUT2D eigenvalue weighted by molar-refractivity contribution is 5.82. The van der Waals surface area contributed by atoms with Crippen molar-refractivity contribution in [3.8, 4) is 0 Å². The van der Waals surface area contributed by atoms with Crippen molar-refractivity contribution in [1.82, 2.24) is 4.90 Å². The van der Waals surface area contributed by atoms with Crippen LogP contribution in [0.25, 0.3) is 0 Å². The number of hydrogen-bond acceptors (Lipinski definition) is 1. The molecule has 186 valence electrons. The molecule has 5 N–H and O–H groups in total. The number of H-pyrrole nitrogens is 1. The number of aromatic amines is 1. The molecule has 35 heavy (non-hydrogen) atoms. The Bertz CT molecular complexity index is 1050. The minimum Gasteiger partial charge on any atom is -0.345 e. The molecule has 1 unspecified atom stereocenters. The van der Waals surface area contributed by atoms with Gasteiger partial charge in [-0.05, 0) is 49.1 Å². The Labute approximate surface area is 210 Å². The summed E-state index contributed by atoms with van der Waals surface area (Å²) in [6.45, 7) is 7.03. The second-order valence-corrected chi connectivity index (χ2v) is 11.8. The van der Waals surface area contributed by atoms with Crippen LogP contribution in [0.1, 0.15) is 73.4 Å². The lowest BCUT2D eigenvalue weighted by Gasteiger charge is -2.46. The molecular weight excluding hydrogens is 432 g/mol. The van der Waals surface area contributed by atoms with E-state index >= 15 is 0 Å². The smallest absolute Gasteiger partial charge is 0.239 e. The molecule has 3 fully saturated rings. The van der Waals surface area contributed by atoms with Crippen molar-refractivity contribution >= 4 is 5.91 Å². The van der Waals surface area contributed by atoms with E-state index in [9.17, 15) is 4.79 Å². The summed E-state index contributed by atoms with van der Waals surface area (Å²) in [7, 11) is 0. The summed E-state index contributed by atoms with van der Waals surface area (Å²) in [5.74, 6) is 1.77. The number of likely N-dealkylation sites (tertiary alicyclic amines) is 1. The molecule has 3 aliphatic heterocycles. The van der Waals surface area contributed by atoms with Gasteiger partial charge < -0.3 is 15.5 Å². The van der Waals surface area contributed by atoms with Gasteiger partial charge in [0, 0.05) is 31.1 Å². The molecule has 6 rings (SSSR count). The minimum absolute atomic E-state index is 0.0533. The highest BCUT2D eigenvalue weighted by atomic mass is 16.2. The van der Waals surface area contributed by atoms with E-state index in [1.165, 1.54) is 54.6 Å². The van der Waals surface area contributed by atoms with Gasteiger partial charge in [-0.1, -0.05) is 49.6 Å². The number of pyridine rings is 1. The molecular formula is C30H43N4O+3. The van der Waals surface area contributed by atoms with E-state index in [0.717, 1.165) is 45.6 Å². The van der Waals surface area contributed by atoms with Crippen LogP contribution in [0.15, 0.2) is 42.5 Å². The zero-order valence-electron chi connectivity index (χ0n) is 21.3. The van der Waals surface area contributed by atoms with Gasteiger partial charge in [0.1, 0.15) is 11.3 Å². The monoisotopic (exact) mass is 475 g/mol. The number of piperidine rings is 1. The highest BCUT2D eigenvalue weighted by Crippen LogP contribution is 2.42. The van der Waals surface area contributed by atoms with Crippen molar-refractivity contribution in [1.29, 1.82) is 0 Å². The number of amides is 1. The topological polar surface area (TPSA) is 67.7 Å². The zero-order chi connectivity index (χ0) is 23.8. The molecule has 4 aliphatic rings. The van der Waals surface area contributed by atoms with Gasteiger partial charge in [-0.15, -0.1) is 0 Å². The van der Waals surface area contributed by atoms with Crippen LogP contribution in [-0.4, -0.2) is 43.0 Å². The first-order valence-electron chi connectivity index (χ1n) is 14.2. The van der Waals surface area contributed by atoms with Gasteiger partial charge in [0.15, 0.2) is 12.2 Å². The quantitative estimate of drug-likeness (QED) is 0.697. The second-order valence-electron chi connectivity index (χ2n) is 11.8. The number of aromatic nitrogens is 1. The number of quaternary nitrogens is 2. The number of rotatable bonds is 3. The van der Waals surface area contributed by atoms with Gasteiger partial charge in [0.05, 0.1) is 19.6 Å². The van der Waals surface area contributed by atoms with Crippen LogP contribution < -0.4 is 15.6 Å². The summed E-state index contributed by atoms with van der Waals surface area (Å²) >= 11 is 0. The average Bonchev–Trinajstić information content (AvgIpc) is 3.32. The number of aryl methyl sites for hydroxylation is 1. The van der Waals surface area contributed by atoms with E-state index in [1.807, 2.05) is 0 Å². The Morgan fingerprint density at radius 3 is 2.63 bits per heavy atom. The van der Waals surface area contributed by atoms with Crippen molar-refractivity contribution in [3.63, 3.8) is 0 Å². The highest BCUT2D eigenvalue weighted by Gasteiger charge is 2.58. The van der Waals surface area contributed by atoms with Crippen LogP contribution in [0.2, 0.25) is 0 Å². The molecule has 5 nitrogen and oxygen atoms in total. The van der Waals surface area contributed by atoms with Crippen molar-refractivity contribution < 1.29 is 20.4 Å². The molecule has 2 saturated heterocycles. The van der Waals surface area contributed by atoms with Crippen LogP contribution in [-0.2, 0) is 16.8 Å². The first-order chi connectivity index (χ1) is 17.2. The Morgan fingerprint density at radius 2 is 1.80 bits per heavy atom. The van der Waals surface area contributed by atoms with Crippen LogP contribution in [0.3, 0.4) is 0 Å². The first-order valence-corrected chi connectivity index (χ1v) is 14.2. The van der Waals surface area contributed by atoms with Gasteiger partial charge >= 0.3 is 0 Å². The fraction of sp³-hybridized carbons (Fsp3) is 0.600. The van der Waals surface area contributed by atoms with E-state index in [4.69, 9.17) is 0 Å². The number of hydrogen-bond donors (Lipinski definition) is 2. The predicted octanol–water partition coefficient (Wildman–Crippen LogP) is 1.67. The van der Waals surface area contributed by atoms with Crippen molar-refractivity contribution in [2.75, 3.05) is 26.2 Å². The lowest BCUT2D eigenvalue weighted by atomic mass is 9.68. The number of carbonyl (C=O) groups is 1. The Kier molecular flexibility index (Phi) is 6.40. The maximum Gasteiger partial charge on any atom is 0.239 e. The van der Waals surface area contributed by atoms with Crippen molar-refractivity contribution in [3.05, 3.63) is 65.0 Å². The number of nitrogens with two attached hydrogens (primary N) is 2. The van der Waals surface area contributed by atoms with E-state index in [1.54, 1.807) is 0 Å². The summed E-state index contributed by atoms with van der Waals surface area (Å²) in [5, 5.41) is 4.84. The molecule has 2 aromatic rings. The third-order valence-electron chi connectivity index (χ3n) is 9.84. The molecule has 1 aromatic heterocycles. The van der Waals surface area contributed by atoms with Gasteiger partial charge in [0.2, 0.25) is 11.6 Å². The number of nitrogens with zero attached hydrogens (tertiary/aromatic N) is 1. The minimum atomic E-state index is -0.0533. The molecule has 0 bridgehead atoms. The normalized spacial score (nSPS) is 31.5. The summed E-state index contributed by atoms with van der Waals surface area (Å²) < 4.78 is 0. The average molecular weight is 476 g/mol. The summed E-state index contributed by atoms with van der Waals surface area (Å²) in [6.07, 6.45) is 8.85. The van der Waals surface area contributed by atoms with Crippen LogP contribution in [0.4, 0.5) is 0 Å². The molecule has 5 heteroatoms. The van der Waals surface area contributed by atoms with E-state index in [0.29, 0.717) is 23.8 Å². The van der Waals surface area contributed by atoms with Crippen LogP contribution in [0, 0.1) is 18.8 Å². The molecule has 1 spiro atoms. The third kappa shape index (κ3) is 4.21. The molecule has 0 radical (unpaired) electrons. The molecule has 1 aliphatic carbocycles. The SMILES string of the molecule is Cc1ccc2c([nH+]1)C[NH2+]C[C@]21C[NH2+]CC1C(=O)N1CC[C@@H](c2ccccc2)C[C@H]1C1CCCCC1. The van der Waals surface area contributed by atoms with Gasteiger partial charge in [0.25, 0.3) is 0 Å². The predicted molar refractivity (Wildman–Crippen MR) is 136 cm³/mol. The number of carbonyl (C=O) groups excluding carboxylic acids is 1. The number of fused-ring (bicyclic) bond motifs is 2. The molecule has 4 atom stereocenters. The Hall–Kier alpha value is -2.24. The maximum absolute atomic E-state index is 14.5. The lowest BCUT2D eigenvalue weighted by molar-refractivity contribution is -0.701. The van der Waals surface area contributed by atoms with E-state index in [-0.39, 0.29) is 11.3 Å². The number of benzene rings is 1. The fourth-order valence-corrected chi connectivity index (χ4v) is 8.07. The van der Waals surface area contributed by atoms with E-state index < -0.39 is 0 Å². The first kappa shape index (κ1) is 23.2. The summed E-state index contributed by atoms with van der Waals surface area (Å²) in [5.41, 5.74) is 5.36. The second kappa shape index (κ2) is 9.67. The molecule has 4 heterocycles. The largest absolute Gasteiger partial charge is 0.345 e. The lowest BCUT2D eigenvalue weighted by Crippen LogP contribution is -2.91. The van der Waals surface area contributed by atoms with E-state index in [2.05, 4.69) is 69.9 Å². The third-order valence-corrected chi connectivity index (χ3v) is 9.84. The summed E-state index contributed by atoms with van der Waals surface area (Å²) in [6, 6.07) is 16.0.